The van der Waals surface area contributed by atoms with Gasteiger partial charge in [-0.25, -0.2) is 9.18 Å². The molecule has 6 nitrogen and oxygen atoms in total. The molecule has 1 aliphatic heterocycles. The third kappa shape index (κ3) is 7.84. The Kier molecular flexibility index (Phi) is 11.7. The first-order valence-corrected chi connectivity index (χ1v) is 15.9. The molecule has 0 saturated carbocycles. The van der Waals surface area contributed by atoms with Crippen LogP contribution in [0.1, 0.15) is 57.8 Å². The first-order valence-electron chi connectivity index (χ1n) is 11.3. The van der Waals surface area contributed by atoms with Crippen molar-refractivity contribution < 1.29 is 39.5 Å². The molecule has 1 N–H and O–H groups in total. The second kappa shape index (κ2) is 13.5. The minimum Gasteiger partial charge on any atom is -0.460 e. The normalized spacial score (nSPS) is 19.9. The SMILES string of the molecule is CS([OH+]S(=O)(=O)C(F)(F)C(=O)OCCCCCCCCBr)(c1ccc(F)cc1)C1CCCCO1. The largest absolute Gasteiger partial charge is 0.514 e. The highest BCUT2D eigenvalue weighted by molar-refractivity contribution is 9.09. The molecule has 2 atom stereocenters. The monoisotopic (exact) mass is 593 g/mol. The third-order valence-electron chi connectivity index (χ3n) is 5.52. The van der Waals surface area contributed by atoms with E-state index in [1.54, 1.807) is 0 Å². The Balaban J connectivity index is 2.08. The van der Waals surface area contributed by atoms with E-state index in [4.69, 9.17) is 4.74 Å². The average Bonchev–Trinajstić information content (AvgIpc) is 2.81. The van der Waals surface area contributed by atoms with Crippen LogP contribution in [0.5, 0.6) is 0 Å². The number of esters is 1. The van der Waals surface area contributed by atoms with Gasteiger partial charge in [0.15, 0.2) is 5.44 Å². The summed E-state index contributed by atoms with van der Waals surface area (Å²) < 4.78 is 82.2. The predicted octanol–water partition coefficient (Wildman–Crippen LogP) is 6.36. The number of carbonyl (C=O) groups is 1. The first kappa shape index (κ1) is 29.4. The van der Waals surface area contributed by atoms with E-state index in [2.05, 4.69) is 24.3 Å². The lowest BCUT2D eigenvalue weighted by Gasteiger charge is -2.39. The Morgan fingerprint density at radius 2 is 1.74 bits per heavy atom. The maximum absolute atomic E-state index is 14.7. The van der Waals surface area contributed by atoms with E-state index in [0.29, 0.717) is 32.3 Å². The summed E-state index contributed by atoms with van der Waals surface area (Å²) in [5.74, 6) is -2.70. The molecule has 2 rings (SSSR count). The fraction of sp³-hybridized carbons (Fsp3) is 0.682. The maximum atomic E-state index is 14.7. The van der Waals surface area contributed by atoms with Crippen LogP contribution in [0, 0.1) is 5.82 Å². The minimum atomic E-state index is -5.61. The second-order valence-corrected chi connectivity index (χ2v) is 13.9. The molecule has 1 saturated heterocycles. The van der Waals surface area contributed by atoms with Crippen molar-refractivity contribution in [2.45, 2.75) is 73.4 Å². The van der Waals surface area contributed by atoms with E-state index in [1.807, 2.05) is 0 Å². The van der Waals surface area contributed by atoms with Crippen LogP contribution in [0.4, 0.5) is 13.2 Å². The molecule has 0 aromatic heterocycles. The number of carbonyl (C=O) groups excluding carboxylic acids is 1. The van der Waals surface area contributed by atoms with Gasteiger partial charge in [0.05, 0.1) is 11.5 Å². The fourth-order valence-corrected chi connectivity index (χ4v) is 8.91. The van der Waals surface area contributed by atoms with Gasteiger partial charge in [0.25, 0.3) is 0 Å². The molecule has 1 heterocycles. The van der Waals surface area contributed by atoms with Crippen molar-refractivity contribution >= 4 is 42.3 Å². The van der Waals surface area contributed by atoms with Crippen molar-refractivity contribution in [2.24, 2.45) is 0 Å². The molecule has 1 aromatic rings. The summed E-state index contributed by atoms with van der Waals surface area (Å²) >= 11 is 3.34. The molecule has 1 aromatic carbocycles. The lowest BCUT2D eigenvalue weighted by atomic mass is 10.1. The van der Waals surface area contributed by atoms with Crippen LogP contribution in [0.2, 0.25) is 0 Å². The second-order valence-electron chi connectivity index (χ2n) is 8.20. The van der Waals surface area contributed by atoms with Gasteiger partial charge >= 0.3 is 21.3 Å². The highest BCUT2D eigenvalue weighted by atomic mass is 79.9. The Labute approximate surface area is 209 Å². The van der Waals surface area contributed by atoms with Gasteiger partial charge in [-0.15, -0.1) is 8.42 Å². The topological polar surface area (TPSA) is 82.5 Å². The molecule has 0 aliphatic carbocycles. The zero-order valence-corrected chi connectivity index (χ0v) is 22.4. The smallest absolute Gasteiger partial charge is 0.460 e. The summed E-state index contributed by atoms with van der Waals surface area (Å²) in [5.41, 5.74) is -0.752. The number of ether oxygens (including phenoxy) is 2. The van der Waals surface area contributed by atoms with Gasteiger partial charge in [0, 0.05) is 28.5 Å². The Morgan fingerprint density at radius 3 is 2.32 bits per heavy atom. The molecular weight excluding hydrogens is 561 g/mol. The van der Waals surface area contributed by atoms with Gasteiger partial charge in [-0.3, -0.25) is 3.63 Å². The van der Waals surface area contributed by atoms with Gasteiger partial charge in [0.2, 0.25) is 0 Å². The molecule has 0 amide bonds. The summed E-state index contributed by atoms with van der Waals surface area (Å²) in [6, 6.07) is 4.85. The van der Waals surface area contributed by atoms with Crippen LogP contribution < -0.4 is 0 Å². The number of benzene rings is 1. The minimum absolute atomic E-state index is 0.272. The van der Waals surface area contributed by atoms with Gasteiger partial charge < -0.3 is 9.47 Å². The fourth-order valence-electron chi connectivity index (χ4n) is 3.53. The summed E-state index contributed by atoms with van der Waals surface area (Å²) in [6.07, 6.45) is 8.28. The van der Waals surface area contributed by atoms with Gasteiger partial charge in [-0.1, -0.05) is 41.6 Å². The van der Waals surface area contributed by atoms with Crippen LogP contribution in [0.3, 0.4) is 0 Å². The van der Waals surface area contributed by atoms with Crippen molar-refractivity contribution in [2.75, 3.05) is 24.8 Å². The summed E-state index contributed by atoms with van der Waals surface area (Å²) in [5, 5.41) is -3.92. The Bertz CT molecular complexity index is 879. The first-order chi connectivity index (χ1) is 16.0. The van der Waals surface area contributed by atoms with Crippen molar-refractivity contribution in [3.05, 3.63) is 30.1 Å². The standard InChI is InChI=1S/C22H32BrF3O6S2/c1-33(20-10-6-9-16-30-20,19-13-11-18(24)12-14-19)32-34(28,29)22(25,26)21(27)31-17-8-5-3-2-4-7-15-23/h11-14,20H,2-10,15-17H2,1H3/p+1. The highest BCUT2D eigenvalue weighted by Gasteiger charge is 2.63. The van der Waals surface area contributed by atoms with E-state index >= 15 is 0 Å². The number of halogens is 4. The molecule has 12 heteroatoms. The lowest BCUT2D eigenvalue weighted by molar-refractivity contribution is -0.161. The van der Waals surface area contributed by atoms with Crippen LogP contribution in [0.25, 0.3) is 0 Å². The highest BCUT2D eigenvalue weighted by Crippen LogP contribution is 2.60. The van der Waals surface area contributed by atoms with E-state index in [-0.39, 0.29) is 11.5 Å². The molecule has 1 aliphatic rings. The van der Waals surface area contributed by atoms with E-state index in [9.17, 15) is 26.4 Å². The quantitative estimate of drug-likeness (QED) is 0.0824. The van der Waals surface area contributed by atoms with E-state index < -0.39 is 42.9 Å². The summed E-state index contributed by atoms with van der Waals surface area (Å²) in [7, 11) is -8.50. The molecule has 1 fully saturated rings. The van der Waals surface area contributed by atoms with Crippen molar-refractivity contribution in [1.29, 1.82) is 0 Å². The van der Waals surface area contributed by atoms with E-state index in [1.165, 1.54) is 18.4 Å². The maximum Gasteiger partial charge on any atom is 0.514 e. The predicted molar refractivity (Wildman–Crippen MR) is 131 cm³/mol. The van der Waals surface area contributed by atoms with Gasteiger partial charge in [0.1, 0.15) is 5.82 Å². The van der Waals surface area contributed by atoms with Gasteiger partial charge in [-0.2, -0.15) is 8.78 Å². The zero-order valence-electron chi connectivity index (χ0n) is 19.2. The van der Waals surface area contributed by atoms with Crippen LogP contribution in [-0.2, 0) is 24.4 Å². The zero-order chi connectivity index (χ0) is 25.2. The van der Waals surface area contributed by atoms with Crippen LogP contribution >= 0.6 is 26.2 Å². The molecular formula is C22H33BrF3O6S2+. The Morgan fingerprint density at radius 1 is 1.12 bits per heavy atom. The van der Waals surface area contributed by atoms with Crippen molar-refractivity contribution in [3.63, 3.8) is 0 Å². The number of hydrogen-bond donors (Lipinski definition) is 0. The Hall–Kier alpha value is -0.820. The average molecular weight is 595 g/mol. The third-order valence-corrected chi connectivity index (χ3v) is 11.5. The van der Waals surface area contributed by atoms with E-state index in [0.717, 1.165) is 49.6 Å². The molecule has 0 radical (unpaired) electrons. The molecule has 2 unspecified atom stereocenters. The van der Waals surface area contributed by atoms with Crippen molar-refractivity contribution in [3.8, 4) is 0 Å². The summed E-state index contributed by atoms with van der Waals surface area (Å²) in [4.78, 5) is 12.3. The number of unbranched alkanes of at least 4 members (excludes halogenated alkanes) is 5. The lowest BCUT2D eigenvalue weighted by Crippen LogP contribution is -2.44. The summed E-state index contributed by atoms with van der Waals surface area (Å²) in [6.45, 7) is 0.0365. The molecule has 0 spiro atoms. The molecule has 196 valence electrons. The molecule has 0 bridgehead atoms. The van der Waals surface area contributed by atoms with Crippen LogP contribution in [0.15, 0.2) is 29.2 Å². The van der Waals surface area contributed by atoms with Crippen molar-refractivity contribution in [1.82, 2.24) is 0 Å². The number of hydrogen-bond acceptors (Lipinski definition) is 5. The molecule has 34 heavy (non-hydrogen) atoms. The number of alkyl halides is 3. The van der Waals surface area contributed by atoms with Gasteiger partial charge in [-0.05, 0) is 56.4 Å². The van der Waals surface area contributed by atoms with Crippen LogP contribution in [-0.4, -0.2) is 53.5 Å². The number of rotatable bonds is 14.